The lowest BCUT2D eigenvalue weighted by molar-refractivity contribution is -0.384. The summed E-state index contributed by atoms with van der Waals surface area (Å²) in [5.41, 5.74) is 0.906. The Kier molecular flexibility index (Phi) is 7.47. The molecule has 3 aliphatic heterocycles. The average Bonchev–Trinajstić information content (AvgIpc) is 3.45. The average molecular weight is 557 g/mol. The van der Waals surface area contributed by atoms with Crippen LogP contribution < -0.4 is 4.90 Å². The van der Waals surface area contributed by atoms with Crippen molar-refractivity contribution in [3.05, 3.63) is 68.9 Å². The van der Waals surface area contributed by atoms with E-state index in [0.29, 0.717) is 40.9 Å². The van der Waals surface area contributed by atoms with E-state index in [1.165, 1.54) is 64.1 Å². The number of hydrogen-bond donors (Lipinski definition) is 0. The zero-order valence-electron chi connectivity index (χ0n) is 20.4. The standard InChI is InChI=1S/C25H24N4O7S2/c1-15(30)27(20-6-4-12-37-20)22-23(31)28-21(18(14-38-24(22)28)26-19-5-2-3-11-35-19)25(32)36-13-16-7-9-17(10-8-16)29(33)34/h4,6-10,12,22,24H,2-3,5,11,13-14H2,1H3/t22-,24-/m1/s1. The number of thioether (sulfide) groups is 1. The van der Waals surface area contributed by atoms with Gasteiger partial charge in [-0.1, -0.05) is 0 Å². The number of hydrogen-bond acceptors (Lipinski definition) is 10. The summed E-state index contributed by atoms with van der Waals surface area (Å²) in [7, 11) is 0. The lowest BCUT2D eigenvalue weighted by atomic mass is 10.0. The van der Waals surface area contributed by atoms with Gasteiger partial charge in [-0.05, 0) is 48.1 Å². The molecule has 11 nitrogen and oxygen atoms in total. The second-order valence-electron chi connectivity index (χ2n) is 8.80. The maximum absolute atomic E-state index is 13.5. The van der Waals surface area contributed by atoms with Crippen LogP contribution in [0.25, 0.3) is 0 Å². The Bertz CT molecular complexity index is 1320. The number of amides is 2. The predicted molar refractivity (Wildman–Crippen MR) is 142 cm³/mol. The summed E-state index contributed by atoms with van der Waals surface area (Å²) in [6.07, 6.45) is 2.48. The van der Waals surface area contributed by atoms with Crippen LogP contribution in [0.4, 0.5) is 10.7 Å². The number of β-lactam (4-membered cyclic amide) rings is 1. The minimum Gasteiger partial charge on any atom is -0.481 e. The van der Waals surface area contributed by atoms with Crippen molar-refractivity contribution in [1.29, 1.82) is 0 Å². The van der Waals surface area contributed by atoms with Gasteiger partial charge in [0.05, 0.1) is 22.2 Å². The summed E-state index contributed by atoms with van der Waals surface area (Å²) in [6.45, 7) is 1.82. The Hall–Kier alpha value is -3.71. The van der Waals surface area contributed by atoms with Crippen LogP contribution in [0.3, 0.4) is 0 Å². The largest absolute Gasteiger partial charge is 0.481 e. The van der Waals surface area contributed by atoms with Crippen LogP contribution in [0.1, 0.15) is 31.7 Å². The molecule has 0 spiro atoms. The smallest absolute Gasteiger partial charge is 0.357 e. The lowest BCUT2D eigenvalue weighted by Crippen LogP contribution is -2.71. The molecular weight excluding hydrogens is 532 g/mol. The highest BCUT2D eigenvalue weighted by Gasteiger charge is 2.57. The van der Waals surface area contributed by atoms with Crippen molar-refractivity contribution in [1.82, 2.24) is 4.90 Å². The van der Waals surface area contributed by atoms with Gasteiger partial charge in [0, 0.05) is 31.2 Å². The summed E-state index contributed by atoms with van der Waals surface area (Å²) < 4.78 is 11.2. The van der Waals surface area contributed by atoms with Crippen LogP contribution in [0.2, 0.25) is 0 Å². The maximum atomic E-state index is 13.5. The molecule has 0 bridgehead atoms. The molecule has 3 aliphatic rings. The van der Waals surface area contributed by atoms with Gasteiger partial charge >= 0.3 is 5.97 Å². The third kappa shape index (κ3) is 5.03. The monoisotopic (exact) mass is 556 g/mol. The molecule has 4 heterocycles. The molecule has 0 radical (unpaired) electrons. The number of nitro benzene ring substituents is 1. The fourth-order valence-corrected chi connectivity index (χ4v) is 6.59. The Morgan fingerprint density at radius 3 is 2.68 bits per heavy atom. The number of fused-ring (bicyclic) bond motifs is 1. The van der Waals surface area contributed by atoms with Gasteiger partial charge < -0.3 is 9.47 Å². The number of ether oxygens (including phenoxy) is 2. The first-order valence-electron chi connectivity index (χ1n) is 12.0. The molecule has 13 heteroatoms. The Morgan fingerprint density at radius 1 is 1.26 bits per heavy atom. The van der Waals surface area contributed by atoms with Gasteiger partial charge in [0.1, 0.15) is 18.0 Å². The molecule has 198 valence electrons. The molecule has 0 unspecified atom stereocenters. The van der Waals surface area contributed by atoms with Crippen molar-refractivity contribution >= 4 is 57.5 Å². The summed E-state index contributed by atoms with van der Waals surface area (Å²) in [5, 5.41) is 12.9. The molecule has 2 fully saturated rings. The van der Waals surface area contributed by atoms with E-state index in [4.69, 9.17) is 9.47 Å². The van der Waals surface area contributed by atoms with Crippen LogP contribution in [-0.4, -0.2) is 57.3 Å². The summed E-state index contributed by atoms with van der Waals surface area (Å²) in [4.78, 5) is 57.3. The second kappa shape index (κ2) is 11.0. The highest BCUT2D eigenvalue weighted by molar-refractivity contribution is 8.00. The van der Waals surface area contributed by atoms with Crippen LogP contribution in [0.5, 0.6) is 0 Å². The molecule has 38 heavy (non-hydrogen) atoms. The third-order valence-corrected chi connectivity index (χ3v) is 8.42. The number of carbonyl (C=O) groups is 3. The quantitative estimate of drug-likeness (QED) is 0.218. The van der Waals surface area contributed by atoms with E-state index in [2.05, 4.69) is 4.99 Å². The van der Waals surface area contributed by atoms with E-state index < -0.39 is 28.2 Å². The number of benzene rings is 1. The van der Waals surface area contributed by atoms with Gasteiger partial charge in [-0.15, -0.1) is 23.1 Å². The molecule has 2 aromatic rings. The summed E-state index contributed by atoms with van der Waals surface area (Å²) >= 11 is 2.79. The van der Waals surface area contributed by atoms with E-state index in [-0.39, 0.29) is 23.9 Å². The van der Waals surface area contributed by atoms with Crippen LogP contribution in [0, 0.1) is 10.1 Å². The molecule has 2 atom stereocenters. The van der Waals surface area contributed by atoms with E-state index in [9.17, 15) is 24.5 Å². The summed E-state index contributed by atoms with van der Waals surface area (Å²) in [5.74, 6) is -0.550. The molecule has 1 aromatic heterocycles. The van der Waals surface area contributed by atoms with E-state index >= 15 is 0 Å². The zero-order valence-corrected chi connectivity index (χ0v) is 22.0. The molecular formula is C25H24N4O7S2. The Labute approximate surface area is 226 Å². The second-order valence-corrected chi connectivity index (χ2v) is 10.8. The molecule has 5 rings (SSSR count). The van der Waals surface area contributed by atoms with E-state index in [0.717, 1.165) is 12.8 Å². The number of nitrogens with zero attached hydrogens (tertiary/aromatic N) is 4. The predicted octanol–water partition coefficient (Wildman–Crippen LogP) is 3.85. The fraction of sp³-hybridized carbons (Fsp3) is 0.360. The highest BCUT2D eigenvalue weighted by atomic mass is 32.2. The Morgan fingerprint density at radius 2 is 2.05 bits per heavy atom. The van der Waals surface area contributed by atoms with E-state index in [1.807, 2.05) is 11.4 Å². The fourth-order valence-electron chi connectivity index (χ4n) is 4.47. The van der Waals surface area contributed by atoms with Crippen molar-refractivity contribution in [2.24, 2.45) is 4.99 Å². The number of non-ortho nitro benzene ring substituents is 1. The zero-order chi connectivity index (χ0) is 26.8. The lowest BCUT2D eigenvalue weighted by Gasteiger charge is -2.52. The van der Waals surface area contributed by atoms with Crippen molar-refractivity contribution in [2.45, 2.75) is 44.2 Å². The van der Waals surface area contributed by atoms with E-state index in [1.54, 1.807) is 6.07 Å². The first kappa shape index (κ1) is 25.9. The summed E-state index contributed by atoms with van der Waals surface area (Å²) in [6, 6.07) is 8.51. The Balaban J connectivity index is 1.42. The van der Waals surface area contributed by atoms with Crippen molar-refractivity contribution < 1.29 is 28.8 Å². The number of rotatable bonds is 7. The maximum Gasteiger partial charge on any atom is 0.357 e. The number of thiophene rings is 1. The van der Waals surface area contributed by atoms with Gasteiger partial charge in [0.2, 0.25) is 5.91 Å². The topological polar surface area (TPSA) is 132 Å². The van der Waals surface area contributed by atoms with Crippen molar-refractivity contribution in [2.75, 3.05) is 17.3 Å². The number of carbonyl (C=O) groups excluding carboxylic acids is 3. The molecule has 2 saturated heterocycles. The molecule has 0 aliphatic carbocycles. The third-order valence-electron chi connectivity index (χ3n) is 6.30. The van der Waals surface area contributed by atoms with Gasteiger partial charge in [-0.25, -0.2) is 9.79 Å². The van der Waals surface area contributed by atoms with Crippen molar-refractivity contribution in [3.63, 3.8) is 0 Å². The van der Waals surface area contributed by atoms with Crippen LogP contribution >= 0.6 is 23.1 Å². The number of nitro groups is 1. The molecule has 1 aromatic carbocycles. The molecule has 0 N–H and O–H groups in total. The normalized spacial score (nSPS) is 21.9. The van der Waals surface area contributed by atoms with Crippen LogP contribution in [0.15, 0.2) is 58.2 Å². The number of aliphatic imine (C=N–C) groups is 1. The minimum absolute atomic E-state index is 0.0354. The SMILES string of the molecule is CC(=O)N(c1cccs1)[C@@H]1C(=O)N2C(C(=O)OCc3ccc([N+](=O)[O-])cc3)=C(N=C3CCCCO3)CS[C@H]12. The first-order chi connectivity index (χ1) is 18.3. The minimum atomic E-state index is -0.756. The first-order valence-corrected chi connectivity index (χ1v) is 13.9. The highest BCUT2D eigenvalue weighted by Crippen LogP contribution is 2.45. The van der Waals surface area contributed by atoms with Gasteiger partial charge in [0.25, 0.3) is 11.6 Å². The van der Waals surface area contributed by atoms with Gasteiger partial charge in [-0.2, -0.15) is 0 Å². The number of esters is 1. The van der Waals surface area contributed by atoms with Crippen molar-refractivity contribution in [3.8, 4) is 0 Å². The molecule has 2 amide bonds. The van der Waals surface area contributed by atoms with Gasteiger partial charge in [0.15, 0.2) is 11.6 Å². The molecule has 0 saturated carbocycles. The number of anilines is 1. The van der Waals surface area contributed by atoms with Crippen LogP contribution in [-0.2, 0) is 30.5 Å². The van der Waals surface area contributed by atoms with Gasteiger partial charge in [-0.3, -0.25) is 29.5 Å².